The number of piperidine rings is 1. The summed E-state index contributed by atoms with van der Waals surface area (Å²) in [4.78, 5) is 7.29. The van der Waals surface area contributed by atoms with E-state index in [4.69, 9.17) is 0 Å². The summed E-state index contributed by atoms with van der Waals surface area (Å²) in [5.41, 5.74) is 3.65. The lowest BCUT2D eigenvalue weighted by molar-refractivity contribution is 0.140. The summed E-state index contributed by atoms with van der Waals surface area (Å²) in [7, 11) is 2.05. The zero-order chi connectivity index (χ0) is 14.7. The van der Waals surface area contributed by atoms with Crippen molar-refractivity contribution in [1.82, 2.24) is 15.2 Å². The smallest absolute Gasteiger partial charge is 0.0708 e. The molecule has 0 aliphatic carbocycles. The summed E-state index contributed by atoms with van der Waals surface area (Å²) in [5, 5.41) is 4.65. The van der Waals surface area contributed by atoms with Gasteiger partial charge in [-0.15, -0.1) is 0 Å². The molecule has 0 radical (unpaired) electrons. The first kappa shape index (κ1) is 14.5. The predicted molar refractivity (Wildman–Crippen MR) is 88.5 cm³/mol. The molecule has 1 saturated heterocycles. The van der Waals surface area contributed by atoms with Gasteiger partial charge in [0.2, 0.25) is 0 Å². The van der Waals surface area contributed by atoms with E-state index < -0.39 is 0 Å². The molecule has 1 fully saturated rings. The zero-order valence-electron chi connectivity index (χ0n) is 13.1. The second kappa shape index (κ2) is 6.54. The van der Waals surface area contributed by atoms with Crippen LogP contribution in [0.2, 0.25) is 0 Å². The molecule has 1 aliphatic rings. The van der Waals surface area contributed by atoms with Gasteiger partial charge in [0.15, 0.2) is 0 Å². The predicted octanol–water partition coefficient (Wildman–Crippen LogP) is 3.12. The van der Waals surface area contributed by atoms with Crippen LogP contribution in [-0.2, 0) is 6.54 Å². The van der Waals surface area contributed by atoms with Crippen LogP contribution in [0, 0.1) is 6.92 Å². The lowest BCUT2D eigenvalue weighted by Gasteiger charge is -2.36. The molecule has 2 heterocycles. The van der Waals surface area contributed by atoms with Crippen LogP contribution >= 0.6 is 0 Å². The number of rotatable bonds is 4. The van der Waals surface area contributed by atoms with Crippen LogP contribution in [0.1, 0.15) is 30.5 Å². The zero-order valence-corrected chi connectivity index (χ0v) is 13.1. The van der Waals surface area contributed by atoms with E-state index in [2.05, 4.69) is 59.5 Å². The summed E-state index contributed by atoms with van der Waals surface area (Å²) >= 11 is 0. The van der Waals surface area contributed by atoms with Crippen LogP contribution in [0.3, 0.4) is 0 Å². The van der Waals surface area contributed by atoms with Gasteiger partial charge in [-0.05, 0) is 51.1 Å². The van der Waals surface area contributed by atoms with Crippen molar-refractivity contribution in [2.75, 3.05) is 20.1 Å². The minimum absolute atomic E-state index is 0.663. The highest BCUT2D eigenvalue weighted by molar-refractivity contribution is 5.82. The van der Waals surface area contributed by atoms with Crippen molar-refractivity contribution >= 4 is 10.9 Å². The normalized spacial score (nSPS) is 20.0. The van der Waals surface area contributed by atoms with Gasteiger partial charge in [-0.2, -0.15) is 0 Å². The molecular weight excluding hydrogens is 258 g/mol. The van der Waals surface area contributed by atoms with Crippen molar-refractivity contribution < 1.29 is 0 Å². The third-order valence-electron chi connectivity index (χ3n) is 4.49. The molecular formula is C18H25N3. The van der Waals surface area contributed by atoms with E-state index in [0.717, 1.165) is 24.3 Å². The average Bonchev–Trinajstić information content (AvgIpc) is 2.49. The summed E-state index contributed by atoms with van der Waals surface area (Å²) in [6.45, 7) is 5.43. The minimum atomic E-state index is 0.663. The van der Waals surface area contributed by atoms with Crippen LogP contribution in [0.5, 0.6) is 0 Å². The van der Waals surface area contributed by atoms with Gasteiger partial charge in [0, 0.05) is 30.2 Å². The van der Waals surface area contributed by atoms with Crippen LogP contribution in [0.25, 0.3) is 10.9 Å². The van der Waals surface area contributed by atoms with Crippen LogP contribution in [-0.4, -0.2) is 36.1 Å². The summed E-state index contributed by atoms with van der Waals surface area (Å²) in [6.07, 6.45) is 3.99. The Morgan fingerprint density at radius 3 is 3.00 bits per heavy atom. The molecule has 1 aliphatic heterocycles. The van der Waals surface area contributed by atoms with Crippen molar-refractivity contribution in [3.8, 4) is 0 Å². The minimum Gasteiger partial charge on any atom is -0.318 e. The molecule has 3 nitrogen and oxygen atoms in total. The number of fused-ring (bicyclic) bond motifs is 1. The van der Waals surface area contributed by atoms with Gasteiger partial charge in [0.05, 0.1) is 5.52 Å². The van der Waals surface area contributed by atoms with Crippen molar-refractivity contribution in [2.24, 2.45) is 0 Å². The van der Waals surface area contributed by atoms with E-state index in [0.29, 0.717) is 6.04 Å². The molecule has 1 unspecified atom stereocenters. The topological polar surface area (TPSA) is 28.2 Å². The summed E-state index contributed by atoms with van der Waals surface area (Å²) in [6, 6.07) is 11.4. The Hall–Kier alpha value is -1.45. The lowest BCUT2D eigenvalue weighted by atomic mass is 10.00. The molecule has 3 rings (SSSR count). The van der Waals surface area contributed by atoms with Crippen molar-refractivity contribution in [3.05, 3.63) is 41.6 Å². The monoisotopic (exact) mass is 283 g/mol. The number of aromatic nitrogens is 1. The van der Waals surface area contributed by atoms with Gasteiger partial charge in [-0.3, -0.25) is 9.88 Å². The molecule has 1 N–H and O–H groups in total. The number of hydrogen-bond acceptors (Lipinski definition) is 3. The molecule has 0 bridgehead atoms. The third-order valence-corrected chi connectivity index (χ3v) is 4.49. The van der Waals surface area contributed by atoms with E-state index in [1.165, 1.54) is 36.8 Å². The highest BCUT2D eigenvalue weighted by Gasteiger charge is 2.22. The van der Waals surface area contributed by atoms with E-state index in [1.807, 2.05) is 0 Å². The van der Waals surface area contributed by atoms with Gasteiger partial charge in [0.1, 0.15) is 0 Å². The number of aryl methyl sites for hydroxylation is 1. The van der Waals surface area contributed by atoms with E-state index in [-0.39, 0.29) is 0 Å². The van der Waals surface area contributed by atoms with Gasteiger partial charge in [-0.25, -0.2) is 0 Å². The van der Waals surface area contributed by atoms with Gasteiger partial charge >= 0.3 is 0 Å². The number of nitrogens with zero attached hydrogens (tertiary/aromatic N) is 2. The SMILES string of the molecule is CNCC1CCCCN1Cc1cc(C)nc2ccccc12. The molecule has 112 valence electrons. The number of likely N-dealkylation sites (tertiary alicyclic amines) is 1. The van der Waals surface area contributed by atoms with E-state index in [9.17, 15) is 0 Å². The fourth-order valence-corrected chi connectivity index (χ4v) is 3.48. The maximum atomic E-state index is 4.65. The number of hydrogen-bond donors (Lipinski definition) is 1. The first-order valence-corrected chi connectivity index (χ1v) is 8.02. The Morgan fingerprint density at radius 1 is 1.29 bits per heavy atom. The fraction of sp³-hybridized carbons (Fsp3) is 0.500. The van der Waals surface area contributed by atoms with E-state index in [1.54, 1.807) is 0 Å². The second-order valence-corrected chi connectivity index (χ2v) is 6.12. The molecule has 3 heteroatoms. The number of benzene rings is 1. The van der Waals surface area contributed by atoms with Crippen LogP contribution in [0.15, 0.2) is 30.3 Å². The number of likely N-dealkylation sites (N-methyl/N-ethyl adjacent to an activating group) is 1. The highest BCUT2D eigenvalue weighted by Crippen LogP contribution is 2.24. The number of pyridine rings is 1. The Kier molecular flexibility index (Phi) is 4.51. The van der Waals surface area contributed by atoms with Crippen molar-refractivity contribution in [2.45, 2.75) is 38.8 Å². The van der Waals surface area contributed by atoms with Crippen molar-refractivity contribution in [3.63, 3.8) is 0 Å². The quantitative estimate of drug-likeness (QED) is 0.934. The maximum Gasteiger partial charge on any atom is 0.0708 e. The standard InChI is InChI=1S/C18H25N3/c1-14-11-15(17-8-3-4-9-18(17)20-14)13-21-10-6-5-7-16(21)12-19-2/h3-4,8-9,11,16,19H,5-7,10,12-13H2,1-2H3. The molecule has 0 amide bonds. The first-order valence-electron chi connectivity index (χ1n) is 8.02. The van der Waals surface area contributed by atoms with Crippen LogP contribution < -0.4 is 5.32 Å². The molecule has 1 aromatic heterocycles. The largest absolute Gasteiger partial charge is 0.318 e. The average molecular weight is 283 g/mol. The fourth-order valence-electron chi connectivity index (χ4n) is 3.48. The Balaban J connectivity index is 1.89. The van der Waals surface area contributed by atoms with E-state index >= 15 is 0 Å². The molecule has 21 heavy (non-hydrogen) atoms. The first-order chi connectivity index (χ1) is 10.3. The Bertz CT molecular complexity index is 606. The number of nitrogens with one attached hydrogen (secondary N) is 1. The summed E-state index contributed by atoms with van der Waals surface area (Å²) in [5.74, 6) is 0. The third kappa shape index (κ3) is 3.25. The molecule has 0 saturated carbocycles. The Morgan fingerprint density at radius 2 is 2.14 bits per heavy atom. The van der Waals surface area contributed by atoms with Gasteiger partial charge in [0.25, 0.3) is 0 Å². The summed E-state index contributed by atoms with van der Waals surface area (Å²) < 4.78 is 0. The molecule has 1 aromatic carbocycles. The lowest BCUT2D eigenvalue weighted by Crippen LogP contribution is -2.44. The van der Waals surface area contributed by atoms with Crippen molar-refractivity contribution in [1.29, 1.82) is 0 Å². The van der Waals surface area contributed by atoms with Gasteiger partial charge in [-0.1, -0.05) is 24.6 Å². The molecule has 2 aromatic rings. The number of para-hydroxylation sites is 1. The van der Waals surface area contributed by atoms with Gasteiger partial charge < -0.3 is 5.32 Å². The maximum absolute atomic E-state index is 4.65. The second-order valence-electron chi connectivity index (χ2n) is 6.12. The molecule has 1 atom stereocenters. The Labute approximate surface area is 127 Å². The molecule has 0 spiro atoms. The van der Waals surface area contributed by atoms with Crippen LogP contribution in [0.4, 0.5) is 0 Å². The highest BCUT2D eigenvalue weighted by atomic mass is 15.2.